The average Bonchev–Trinajstić information content (AvgIpc) is 2.95. The standard InChI is InChI=1S/C17H23N3OS/c1-20-16(14-8-10-15(21-2)11-9-14)18-19-17(20)22-12-13-6-4-3-5-7-13/h8-11,13H,3-7,12H2,1-2H3. The average molecular weight is 317 g/mol. The highest BCUT2D eigenvalue weighted by Gasteiger charge is 2.16. The molecule has 1 fully saturated rings. The van der Waals surface area contributed by atoms with Crippen molar-refractivity contribution in [2.45, 2.75) is 37.3 Å². The molecule has 1 aliphatic rings. The van der Waals surface area contributed by atoms with Crippen LogP contribution in [0.4, 0.5) is 0 Å². The van der Waals surface area contributed by atoms with Crippen LogP contribution in [-0.2, 0) is 7.05 Å². The van der Waals surface area contributed by atoms with E-state index >= 15 is 0 Å². The van der Waals surface area contributed by atoms with Gasteiger partial charge >= 0.3 is 0 Å². The fourth-order valence-corrected chi connectivity index (χ4v) is 4.08. The van der Waals surface area contributed by atoms with Crippen LogP contribution in [0.3, 0.4) is 0 Å². The Hall–Kier alpha value is -1.49. The van der Waals surface area contributed by atoms with Crippen molar-refractivity contribution in [2.24, 2.45) is 13.0 Å². The SMILES string of the molecule is COc1ccc(-c2nnc(SCC3CCCCC3)n2C)cc1. The number of ether oxygens (including phenoxy) is 1. The van der Waals surface area contributed by atoms with Gasteiger partial charge in [-0.15, -0.1) is 10.2 Å². The fraction of sp³-hybridized carbons (Fsp3) is 0.529. The molecule has 0 saturated heterocycles. The lowest BCUT2D eigenvalue weighted by Crippen LogP contribution is -2.09. The fourth-order valence-electron chi connectivity index (χ4n) is 2.98. The molecule has 0 atom stereocenters. The zero-order chi connectivity index (χ0) is 15.4. The number of hydrogen-bond acceptors (Lipinski definition) is 4. The van der Waals surface area contributed by atoms with Crippen LogP contribution in [0.1, 0.15) is 32.1 Å². The lowest BCUT2D eigenvalue weighted by molar-refractivity contribution is 0.390. The molecule has 5 heteroatoms. The summed E-state index contributed by atoms with van der Waals surface area (Å²) in [6.45, 7) is 0. The van der Waals surface area contributed by atoms with Crippen molar-refractivity contribution in [1.82, 2.24) is 14.8 Å². The lowest BCUT2D eigenvalue weighted by atomic mass is 9.91. The summed E-state index contributed by atoms with van der Waals surface area (Å²) in [7, 11) is 3.72. The van der Waals surface area contributed by atoms with Crippen LogP contribution in [-0.4, -0.2) is 27.6 Å². The molecule has 1 aromatic carbocycles. The third-order valence-corrected chi connectivity index (χ3v) is 5.61. The van der Waals surface area contributed by atoms with Gasteiger partial charge in [-0.1, -0.05) is 31.0 Å². The highest BCUT2D eigenvalue weighted by molar-refractivity contribution is 7.99. The molecule has 118 valence electrons. The molecule has 0 N–H and O–H groups in total. The summed E-state index contributed by atoms with van der Waals surface area (Å²) >= 11 is 1.84. The van der Waals surface area contributed by atoms with Gasteiger partial charge in [0.05, 0.1) is 7.11 Å². The van der Waals surface area contributed by atoms with E-state index in [1.54, 1.807) is 7.11 Å². The Bertz CT molecular complexity index is 603. The topological polar surface area (TPSA) is 39.9 Å². The smallest absolute Gasteiger partial charge is 0.191 e. The number of benzene rings is 1. The number of rotatable bonds is 5. The largest absolute Gasteiger partial charge is 0.497 e. The summed E-state index contributed by atoms with van der Waals surface area (Å²) < 4.78 is 7.29. The number of nitrogens with zero attached hydrogens (tertiary/aromatic N) is 3. The van der Waals surface area contributed by atoms with Crippen LogP contribution in [0.2, 0.25) is 0 Å². The molecule has 4 nitrogen and oxygen atoms in total. The number of aromatic nitrogens is 3. The van der Waals surface area contributed by atoms with Gasteiger partial charge in [0.1, 0.15) is 5.75 Å². The first-order valence-corrected chi connectivity index (χ1v) is 8.93. The zero-order valence-corrected chi connectivity index (χ0v) is 14.1. The van der Waals surface area contributed by atoms with E-state index in [9.17, 15) is 0 Å². The van der Waals surface area contributed by atoms with Crippen molar-refractivity contribution in [3.8, 4) is 17.1 Å². The molecule has 22 heavy (non-hydrogen) atoms. The molecule has 1 aromatic heterocycles. The molecule has 0 aliphatic heterocycles. The van der Waals surface area contributed by atoms with E-state index in [4.69, 9.17) is 4.74 Å². The van der Waals surface area contributed by atoms with Crippen LogP contribution in [0.15, 0.2) is 29.4 Å². The van der Waals surface area contributed by atoms with Crippen molar-refractivity contribution in [1.29, 1.82) is 0 Å². The number of thioether (sulfide) groups is 1. The molecule has 1 aliphatic carbocycles. The minimum absolute atomic E-state index is 0.847. The third-order valence-electron chi connectivity index (χ3n) is 4.36. The molecule has 1 heterocycles. The number of hydrogen-bond donors (Lipinski definition) is 0. The van der Waals surface area contributed by atoms with Gasteiger partial charge in [0.15, 0.2) is 11.0 Å². The Kier molecular flexibility index (Phi) is 5.03. The van der Waals surface area contributed by atoms with Crippen molar-refractivity contribution >= 4 is 11.8 Å². The van der Waals surface area contributed by atoms with E-state index in [-0.39, 0.29) is 0 Å². The van der Waals surface area contributed by atoms with Gasteiger partial charge in [-0.3, -0.25) is 0 Å². The van der Waals surface area contributed by atoms with E-state index in [0.29, 0.717) is 0 Å². The second kappa shape index (κ2) is 7.18. The first-order chi connectivity index (χ1) is 10.8. The maximum absolute atomic E-state index is 5.20. The van der Waals surface area contributed by atoms with Gasteiger partial charge in [-0.2, -0.15) is 0 Å². The van der Waals surface area contributed by atoms with Crippen LogP contribution >= 0.6 is 11.8 Å². The summed E-state index contributed by atoms with van der Waals surface area (Å²) in [5.74, 6) is 3.78. The summed E-state index contributed by atoms with van der Waals surface area (Å²) in [5.41, 5.74) is 1.07. The maximum Gasteiger partial charge on any atom is 0.191 e. The van der Waals surface area contributed by atoms with E-state index < -0.39 is 0 Å². The first kappa shape index (κ1) is 15.4. The Labute approximate surface area is 136 Å². The van der Waals surface area contributed by atoms with Gasteiger partial charge in [-0.25, -0.2) is 0 Å². The van der Waals surface area contributed by atoms with E-state index in [0.717, 1.165) is 34.0 Å². The van der Waals surface area contributed by atoms with Crippen molar-refractivity contribution < 1.29 is 4.74 Å². The minimum atomic E-state index is 0.847. The maximum atomic E-state index is 5.20. The predicted octanol–water partition coefficient (Wildman–Crippen LogP) is 4.16. The van der Waals surface area contributed by atoms with Crippen LogP contribution in [0.5, 0.6) is 5.75 Å². The summed E-state index contributed by atoms with van der Waals surface area (Å²) in [5, 5.41) is 9.73. The molecule has 2 aromatic rings. The van der Waals surface area contributed by atoms with Gasteiger partial charge in [0.2, 0.25) is 0 Å². The van der Waals surface area contributed by atoms with E-state index in [1.807, 2.05) is 43.1 Å². The quantitative estimate of drug-likeness (QED) is 0.776. The third kappa shape index (κ3) is 3.46. The lowest BCUT2D eigenvalue weighted by Gasteiger charge is -2.20. The molecule has 1 saturated carbocycles. The molecule has 0 radical (unpaired) electrons. The molecule has 0 spiro atoms. The highest BCUT2D eigenvalue weighted by atomic mass is 32.2. The predicted molar refractivity (Wildman–Crippen MR) is 90.3 cm³/mol. The van der Waals surface area contributed by atoms with Crippen LogP contribution < -0.4 is 4.74 Å². The zero-order valence-electron chi connectivity index (χ0n) is 13.3. The Morgan fingerprint density at radius 2 is 1.86 bits per heavy atom. The van der Waals surface area contributed by atoms with Crippen LogP contribution in [0, 0.1) is 5.92 Å². The van der Waals surface area contributed by atoms with Crippen LogP contribution in [0.25, 0.3) is 11.4 Å². The van der Waals surface area contributed by atoms with Crippen molar-refractivity contribution in [3.05, 3.63) is 24.3 Å². The molecule has 3 rings (SSSR count). The molecule has 0 unspecified atom stereocenters. The van der Waals surface area contributed by atoms with Gasteiger partial charge < -0.3 is 9.30 Å². The Morgan fingerprint density at radius 3 is 2.55 bits per heavy atom. The van der Waals surface area contributed by atoms with Gasteiger partial charge in [-0.05, 0) is 43.0 Å². The van der Waals surface area contributed by atoms with Gasteiger partial charge in [0, 0.05) is 18.4 Å². The summed E-state index contributed by atoms with van der Waals surface area (Å²) in [4.78, 5) is 0. The highest BCUT2D eigenvalue weighted by Crippen LogP contribution is 2.30. The second-order valence-electron chi connectivity index (χ2n) is 5.91. The normalized spacial score (nSPS) is 15.9. The van der Waals surface area contributed by atoms with E-state index in [1.165, 1.54) is 32.1 Å². The van der Waals surface area contributed by atoms with Gasteiger partial charge in [0.25, 0.3) is 0 Å². The van der Waals surface area contributed by atoms with Crippen molar-refractivity contribution in [3.63, 3.8) is 0 Å². The molecule has 0 amide bonds. The first-order valence-electron chi connectivity index (χ1n) is 7.94. The summed E-state index contributed by atoms with van der Waals surface area (Å²) in [6, 6.07) is 7.97. The summed E-state index contributed by atoms with van der Waals surface area (Å²) in [6.07, 6.45) is 6.93. The Morgan fingerprint density at radius 1 is 1.14 bits per heavy atom. The molecular weight excluding hydrogens is 294 g/mol. The monoisotopic (exact) mass is 317 g/mol. The van der Waals surface area contributed by atoms with Crippen molar-refractivity contribution in [2.75, 3.05) is 12.9 Å². The van der Waals surface area contributed by atoms with E-state index in [2.05, 4.69) is 14.8 Å². The number of methoxy groups -OCH3 is 1. The minimum Gasteiger partial charge on any atom is -0.497 e. The molecular formula is C17H23N3OS. The molecule has 0 bridgehead atoms. The second-order valence-corrected chi connectivity index (χ2v) is 6.90. The Balaban J connectivity index is 1.68.